The zero-order chi connectivity index (χ0) is 8.55. The molecule has 12 heavy (non-hydrogen) atoms. The summed E-state index contributed by atoms with van der Waals surface area (Å²) in [4.78, 5) is 13.0. The van der Waals surface area contributed by atoms with E-state index in [0.717, 1.165) is 25.8 Å². The van der Waals surface area contributed by atoms with Crippen molar-refractivity contribution in [1.29, 1.82) is 0 Å². The fraction of sp³-hybridized carbons (Fsp3) is 0.875. The van der Waals surface area contributed by atoms with Crippen LogP contribution >= 0.6 is 0 Å². The van der Waals surface area contributed by atoms with Gasteiger partial charge in [-0.15, -0.1) is 0 Å². The molecular formula is C8H13NO3. The van der Waals surface area contributed by atoms with E-state index in [1.54, 1.807) is 4.90 Å². The Labute approximate surface area is 71.1 Å². The van der Waals surface area contributed by atoms with Crippen molar-refractivity contribution in [3.05, 3.63) is 0 Å². The molecule has 1 amide bonds. The van der Waals surface area contributed by atoms with Gasteiger partial charge < -0.3 is 14.7 Å². The van der Waals surface area contributed by atoms with Gasteiger partial charge in [0.2, 0.25) is 0 Å². The van der Waals surface area contributed by atoms with E-state index < -0.39 is 0 Å². The minimum Gasteiger partial charge on any atom is -0.444 e. The summed E-state index contributed by atoms with van der Waals surface area (Å²) in [7, 11) is 0. The summed E-state index contributed by atoms with van der Waals surface area (Å²) in [6.45, 7) is 0.776. The highest BCUT2D eigenvalue weighted by molar-refractivity contribution is 5.69. The third-order valence-electron chi connectivity index (χ3n) is 2.62. The maximum absolute atomic E-state index is 11.2. The van der Waals surface area contributed by atoms with Crippen LogP contribution in [0, 0.1) is 0 Å². The average molecular weight is 171 g/mol. The van der Waals surface area contributed by atoms with Crippen molar-refractivity contribution < 1.29 is 14.6 Å². The van der Waals surface area contributed by atoms with Crippen molar-refractivity contribution in [3.8, 4) is 0 Å². The summed E-state index contributed by atoms with van der Waals surface area (Å²) in [5.74, 6) is 0. The third-order valence-corrected chi connectivity index (χ3v) is 2.62. The van der Waals surface area contributed by atoms with Gasteiger partial charge in [0.25, 0.3) is 0 Å². The summed E-state index contributed by atoms with van der Waals surface area (Å²) in [6, 6.07) is 0.323. The van der Waals surface area contributed by atoms with Gasteiger partial charge in [-0.1, -0.05) is 0 Å². The molecule has 0 radical (unpaired) electrons. The van der Waals surface area contributed by atoms with Gasteiger partial charge in [0.15, 0.2) is 0 Å². The van der Waals surface area contributed by atoms with Crippen LogP contribution in [0.5, 0.6) is 0 Å². The van der Waals surface area contributed by atoms with Gasteiger partial charge >= 0.3 is 6.09 Å². The Hall–Kier alpha value is -0.770. The van der Waals surface area contributed by atoms with Crippen molar-refractivity contribution in [1.82, 2.24) is 4.90 Å². The summed E-state index contributed by atoms with van der Waals surface area (Å²) in [6.07, 6.45) is 2.41. The van der Waals surface area contributed by atoms with E-state index in [0.29, 0.717) is 6.04 Å². The highest BCUT2D eigenvalue weighted by atomic mass is 16.6. The van der Waals surface area contributed by atoms with Crippen molar-refractivity contribution in [2.75, 3.05) is 13.2 Å². The van der Waals surface area contributed by atoms with Crippen LogP contribution < -0.4 is 0 Å². The smallest absolute Gasteiger partial charge is 0.410 e. The van der Waals surface area contributed by atoms with Crippen molar-refractivity contribution in [2.45, 2.75) is 31.4 Å². The van der Waals surface area contributed by atoms with Gasteiger partial charge in [-0.05, 0) is 12.8 Å². The number of carbonyl (C=O) groups is 1. The molecule has 2 atom stereocenters. The van der Waals surface area contributed by atoms with Gasteiger partial charge in [0.1, 0.15) is 6.10 Å². The molecule has 2 aliphatic rings. The van der Waals surface area contributed by atoms with Crippen LogP contribution in [0.15, 0.2) is 0 Å². The molecule has 0 bridgehead atoms. The predicted octanol–water partition coefficient (Wildman–Crippen LogP) is 0.352. The van der Waals surface area contributed by atoms with Crippen molar-refractivity contribution in [3.63, 3.8) is 0 Å². The summed E-state index contributed by atoms with van der Waals surface area (Å²) < 4.78 is 4.99. The fourth-order valence-electron chi connectivity index (χ4n) is 1.99. The molecule has 0 spiro atoms. The molecule has 2 aliphatic heterocycles. The first-order chi connectivity index (χ1) is 5.81. The number of fused-ring (bicyclic) bond motifs is 1. The largest absolute Gasteiger partial charge is 0.444 e. The topological polar surface area (TPSA) is 49.8 Å². The first-order valence-corrected chi connectivity index (χ1v) is 4.39. The maximum Gasteiger partial charge on any atom is 0.410 e. The number of hydrogen-bond donors (Lipinski definition) is 1. The number of aliphatic hydroxyl groups is 1. The molecule has 4 heteroatoms. The van der Waals surface area contributed by atoms with Gasteiger partial charge in [-0.25, -0.2) is 4.79 Å². The average Bonchev–Trinajstić information content (AvgIpc) is 2.52. The zero-order valence-corrected chi connectivity index (χ0v) is 6.90. The second-order valence-corrected chi connectivity index (χ2v) is 3.41. The van der Waals surface area contributed by atoms with Gasteiger partial charge in [0, 0.05) is 19.0 Å². The highest BCUT2D eigenvalue weighted by Crippen LogP contribution is 2.27. The highest BCUT2D eigenvalue weighted by Gasteiger charge is 2.37. The lowest BCUT2D eigenvalue weighted by Crippen LogP contribution is -2.46. The number of rotatable bonds is 1. The first kappa shape index (κ1) is 7.86. The number of hydrogen-bond acceptors (Lipinski definition) is 3. The van der Waals surface area contributed by atoms with Crippen molar-refractivity contribution in [2.24, 2.45) is 0 Å². The Bertz CT molecular complexity index is 195. The number of amides is 1. The minimum atomic E-state index is -0.267. The van der Waals surface area contributed by atoms with Crippen LogP contribution in [0.2, 0.25) is 0 Å². The molecule has 4 nitrogen and oxygen atoms in total. The van der Waals surface area contributed by atoms with Gasteiger partial charge in [0.05, 0.1) is 6.61 Å². The van der Waals surface area contributed by atoms with Crippen LogP contribution in [-0.2, 0) is 4.74 Å². The van der Waals surface area contributed by atoms with Crippen LogP contribution in [0.3, 0.4) is 0 Å². The van der Waals surface area contributed by atoms with E-state index in [2.05, 4.69) is 0 Å². The zero-order valence-electron chi connectivity index (χ0n) is 6.90. The first-order valence-electron chi connectivity index (χ1n) is 4.39. The predicted molar refractivity (Wildman–Crippen MR) is 41.7 cm³/mol. The molecule has 2 fully saturated rings. The molecule has 2 unspecified atom stereocenters. The number of nitrogens with zero attached hydrogens (tertiary/aromatic N) is 1. The second kappa shape index (κ2) is 2.94. The lowest BCUT2D eigenvalue weighted by Gasteiger charge is -2.33. The van der Waals surface area contributed by atoms with E-state index in [9.17, 15) is 4.79 Å². The molecule has 0 saturated carbocycles. The van der Waals surface area contributed by atoms with E-state index in [4.69, 9.17) is 9.84 Å². The Morgan fingerprint density at radius 2 is 2.50 bits per heavy atom. The number of cyclic esters (lactones) is 1. The fourth-order valence-corrected chi connectivity index (χ4v) is 1.99. The van der Waals surface area contributed by atoms with E-state index in [1.165, 1.54) is 0 Å². The molecule has 0 aromatic heterocycles. The van der Waals surface area contributed by atoms with E-state index in [-0.39, 0.29) is 18.8 Å². The number of carbonyl (C=O) groups excluding carboxylic acids is 1. The molecule has 2 saturated heterocycles. The third kappa shape index (κ3) is 1.16. The van der Waals surface area contributed by atoms with Gasteiger partial charge in [-0.2, -0.15) is 0 Å². The quantitative estimate of drug-likeness (QED) is 0.619. The molecule has 0 aromatic carbocycles. The van der Waals surface area contributed by atoms with Crippen LogP contribution in [0.1, 0.15) is 19.3 Å². The van der Waals surface area contributed by atoms with Crippen LogP contribution in [-0.4, -0.2) is 41.4 Å². The lowest BCUT2D eigenvalue weighted by atomic mass is 10.1. The number of aliphatic hydroxyl groups excluding tert-OH is 1. The lowest BCUT2D eigenvalue weighted by molar-refractivity contribution is -0.0127. The maximum atomic E-state index is 11.2. The Morgan fingerprint density at radius 1 is 1.67 bits per heavy atom. The molecule has 0 aliphatic carbocycles. The van der Waals surface area contributed by atoms with Crippen molar-refractivity contribution >= 4 is 6.09 Å². The van der Waals surface area contributed by atoms with Gasteiger partial charge in [-0.3, -0.25) is 0 Å². The monoisotopic (exact) mass is 171 g/mol. The summed E-state index contributed by atoms with van der Waals surface area (Å²) in [5.41, 5.74) is 0. The Morgan fingerprint density at radius 3 is 3.25 bits per heavy atom. The Balaban J connectivity index is 2.05. The summed E-state index contributed by atoms with van der Waals surface area (Å²) in [5, 5.41) is 8.83. The molecule has 1 N–H and O–H groups in total. The SMILES string of the molecule is O=C1OC(CO)CC2CCCN12. The molecule has 2 rings (SSSR count). The van der Waals surface area contributed by atoms with Crippen LogP contribution in [0.4, 0.5) is 4.79 Å². The minimum absolute atomic E-state index is 0.0456. The Kier molecular flexibility index (Phi) is 1.92. The molecule has 2 heterocycles. The van der Waals surface area contributed by atoms with Crippen LogP contribution in [0.25, 0.3) is 0 Å². The summed E-state index contributed by atoms with van der Waals surface area (Å²) >= 11 is 0. The molecular weight excluding hydrogens is 158 g/mol. The van der Waals surface area contributed by atoms with E-state index >= 15 is 0 Å². The van der Waals surface area contributed by atoms with E-state index in [1.807, 2.05) is 0 Å². The number of ether oxygens (including phenoxy) is 1. The normalized spacial score (nSPS) is 34.8. The molecule has 68 valence electrons. The molecule has 0 aromatic rings. The second-order valence-electron chi connectivity index (χ2n) is 3.41. The standard InChI is InChI=1S/C8H13NO3/c10-5-7-4-6-2-1-3-9(6)8(11)12-7/h6-7,10H,1-5H2.